The van der Waals surface area contributed by atoms with Gasteiger partial charge in [0.15, 0.2) is 11.6 Å². The van der Waals surface area contributed by atoms with Crippen molar-refractivity contribution < 1.29 is 22.7 Å². The summed E-state index contributed by atoms with van der Waals surface area (Å²) in [5, 5.41) is 12.2. The molecule has 1 saturated carbocycles. The fraction of sp³-hybridized carbons (Fsp3) is 0.528. The number of anilines is 1. The number of amides is 1. The second-order valence-electron chi connectivity index (χ2n) is 13.4. The second-order valence-corrected chi connectivity index (χ2v) is 13.4. The molecule has 3 aromatic rings. The number of imidazole rings is 1. The van der Waals surface area contributed by atoms with E-state index >= 15 is 4.39 Å². The zero-order chi connectivity index (χ0) is 33.1. The van der Waals surface area contributed by atoms with Crippen molar-refractivity contribution in [3.63, 3.8) is 0 Å². The minimum atomic E-state index is -0.703. The van der Waals surface area contributed by atoms with Gasteiger partial charge in [-0.25, -0.2) is 22.9 Å². The topological polar surface area (TPSA) is 86.4 Å². The standard InChI is InChI=1S/C36H43F3N6O2/c1-3-33-41-12-15-44(33)23-36(27-6-4-7-28(37)18-27,29-8-5-9-32(29)42-35(46)47-2)26-10-13-43(14-11-26)20-25-21-45(22-25)34-30(38)16-24(19-40)17-31(34)39/h4,6-7,12,15-18,25-26,29,32H,3,5,8-11,13-14,20-23H2,1-2H3,(H,42,46)/t29-,32-,36-/m0/s1. The maximum absolute atomic E-state index is 15.0. The lowest BCUT2D eigenvalue weighted by atomic mass is 9.58. The number of nitrogens with zero attached hydrogens (tertiary/aromatic N) is 5. The number of likely N-dealkylation sites (tertiary alicyclic amines) is 1. The molecule has 6 rings (SSSR count). The molecule has 0 unspecified atom stereocenters. The monoisotopic (exact) mass is 648 g/mol. The van der Waals surface area contributed by atoms with Gasteiger partial charge in [-0.3, -0.25) is 0 Å². The Morgan fingerprint density at radius 2 is 1.85 bits per heavy atom. The van der Waals surface area contributed by atoms with E-state index in [0.29, 0.717) is 19.6 Å². The molecule has 2 aromatic carbocycles. The Hall–Kier alpha value is -4.04. The van der Waals surface area contributed by atoms with Crippen LogP contribution in [0.3, 0.4) is 0 Å². The van der Waals surface area contributed by atoms with Crippen LogP contribution in [0.1, 0.15) is 56.0 Å². The average Bonchev–Trinajstić information content (AvgIpc) is 3.71. The molecular weight excluding hydrogens is 605 g/mol. The van der Waals surface area contributed by atoms with Crippen molar-refractivity contribution >= 4 is 11.8 Å². The van der Waals surface area contributed by atoms with Gasteiger partial charge in [-0.05, 0) is 80.4 Å². The summed E-state index contributed by atoms with van der Waals surface area (Å²) in [7, 11) is 1.38. The van der Waals surface area contributed by atoms with Gasteiger partial charge in [0, 0.05) is 62.4 Å². The third kappa shape index (κ3) is 6.57. The van der Waals surface area contributed by atoms with Crippen LogP contribution in [0.4, 0.5) is 23.7 Å². The number of nitriles is 1. The number of halogens is 3. The van der Waals surface area contributed by atoms with Crippen LogP contribution in [0.25, 0.3) is 0 Å². The summed E-state index contributed by atoms with van der Waals surface area (Å²) in [5.41, 5.74) is 0.397. The number of rotatable bonds is 10. The van der Waals surface area contributed by atoms with Gasteiger partial charge in [-0.1, -0.05) is 25.5 Å². The van der Waals surface area contributed by atoms with E-state index in [1.165, 1.54) is 13.2 Å². The quantitative estimate of drug-likeness (QED) is 0.288. The Balaban J connectivity index is 1.23. The number of hydrogen-bond acceptors (Lipinski definition) is 6. The molecule has 1 amide bonds. The lowest BCUT2D eigenvalue weighted by Crippen LogP contribution is -2.56. The van der Waals surface area contributed by atoms with Gasteiger partial charge in [0.25, 0.3) is 0 Å². The minimum absolute atomic E-state index is 0.0260. The fourth-order valence-electron chi connectivity index (χ4n) is 8.70. The van der Waals surface area contributed by atoms with Gasteiger partial charge in [-0.15, -0.1) is 0 Å². The highest BCUT2D eigenvalue weighted by Crippen LogP contribution is 2.52. The van der Waals surface area contributed by atoms with Crippen molar-refractivity contribution in [1.29, 1.82) is 5.26 Å². The number of hydrogen-bond donors (Lipinski definition) is 1. The van der Waals surface area contributed by atoms with E-state index in [2.05, 4.69) is 32.8 Å². The van der Waals surface area contributed by atoms with Gasteiger partial charge in [0.2, 0.25) is 0 Å². The van der Waals surface area contributed by atoms with Crippen LogP contribution < -0.4 is 10.2 Å². The molecule has 3 aliphatic rings. The highest BCUT2D eigenvalue weighted by Gasteiger charge is 2.52. The Morgan fingerprint density at radius 1 is 1.11 bits per heavy atom. The van der Waals surface area contributed by atoms with Crippen LogP contribution in [0.15, 0.2) is 48.8 Å². The van der Waals surface area contributed by atoms with Crippen LogP contribution >= 0.6 is 0 Å². The summed E-state index contributed by atoms with van der Waals surface area (Å²) < 4.78 is 51.5. The van der Waals surface area contributed by atoms with Crippen molar-refractivity contribution in [1.82, 2.24) is 19.8 Å². The zero-order valence-electron chi connectivity index (χ0n) is 27.1. The molecule has 8 nitrogen and oxygen atoms in total. The smallest absolute Gasteiger partial charge is 0.407 e. The van der Waals surface area contributed by atoms with Gasteiger partial charge >= 0.3 is 6.09 Å². The van der Waals surface area contributed by atoms with E-state index in [0.717, 1.165) is 81.7 Å². The number of ether oxygens (including phenoxy) is 1. The molecule has 3 fully saturated rings. The molecule has 0 bridgehead atoms. The average molecular weight is 649 g/mol. The number of piperidine rings is 1. The fourth-order valence-corrected chi connectivity index (χ4v) is 8.70. The molecular formula is C36H43F3N6O2. The number of carbonyl (C=O) groups is 1. The van der Waals surface area contributed by atoms with E-state index < -0.39 is 23.1 Å². The van der Waals surface area contributed by atoms with Gasteiger partial charge in [0.1, 0.15) is 17.3 Å². The summed E-state index contributed by atoms with van der Waals surface area (Å²) in [6.45, 7) is 6.35. The first-order valence-corrected chi connectivity index (χ1v) is 16.7. The molecule has 0 spiro atoms. The highest BCUT2D eigenvalue weighted by atomic mass is 19.1. The maximum Gasteiger partial charge on any atom is 0.407 e. The van der Waals surface area contributed by atoms with Crippen LogP contribution in [0.2, 0.25) is 0 Å². The third-order valence-electron chi connectivity index (χ3n) is 10.8. The predicted octanol–water partition coefficient (Wildman–Crippen LogP) is 6.05. The molecule has 3 heterocycles. The van der Waals surface area contributed by atoms with E-state index in [9.17, 15) is 13.6 Å². The molecule has 0 radical (unpaired) electrons. The Bertz CT molecular complexity index is 1590. The SMILES string of the molecule is CCc1nccn1C[C@@](c1cccc(F)c1)(C1CCN(CC2CN(c3c(F)cc(C#N)cc3F)C2)CC1)[C@H]1CCC[C@@H]1NC(=O)OC. The lowest BCUT2D eigenvalue weighted by Gasteiger charge is -2.51. The molecule has 2 aliphatic heterocycles. The van der Waals surface area contributed by atoms with Crippen LogP contribution in [-0.2, 0) is 23.1 Å². The normalized spacial score (nSPS) is 22.0. The first kappa shape index (κ1) is 32.9. The van der Waals surface area contributed by atoms with Crippen LogP contribution in [0.5, 0.6) is 0 Å². The predicted molar refractivity (Wildman–Crippen MR) is 172 cm³/mol. The zero-order valence-corrected chi connectivity index (χ0v) is 27.1. The molecule has 3 atom stereocenters. The van der Waals surface area contributed by atoms with Crippen LogP contribution in [0, 0.1) is 46.5 Å². The van der Waals surface area contributed by atoms with Crippen molar-refractivity contribution in [2.75, 3.05) is 44.7 Å². The van der Waals surface area contributed by atoms with Crippen molar-refractivity contribution in [3.05, 3.63) is 83.2 Å². The van der Waals surface area contributed by atoms with Crippen molar-refractivity contribution in [2.45, 2.75) is 63.5 Å². The number of methoxy groups -OCH3 is 1. The second kappa shape index (κ2) is 14.0. The molecule has 11 heteroatoms. The molecule has 2 saturated heterocycles. The Morgan fingerprint density at radius 3 is 2.51 bits per heavy atom. The minimum Gasteiger partial charge on any atom is -0.453 e. The summed E-state index contributed by atoms with van der Waals surface area (Å²) in [4.78, 5) is 21.3. The summed E-state index contributed by atoms with van der Waals surface area (Å²) in [5.74, 6) is -0.164. The number of benzene rings is 2. The Kier molecular flexibility index (Phi) is 9.78. The third-order valence-corrected chi connectivity index (χ3v) is 10.8. The summed E-state index contributed by atoms with van der Waals surface area (Å²) >= 11 is 0. The Labute approximate surface area is 274 Å². The van der Waals surface area contributed by atoms with E-state index in [-0.39, 0.29) is 40.9 Å². The van der Waals surface area contributed by atoms with Crippen LogP contribution in [-0.4, -0.2) is 66.4 Å². The van der Waals surface area contributed by atoms with E-state index in [1.807, 2.05) is 12.4 Å². The van der Waals surface area contributed by atoms with E-state index in [1.54, 1.807) is 23.1 Å². The highest BCUT2D eigenvalue weighted by molar-refractivity contribution is 5.67. The van der Waals surface area contributed by atoms with Gasteiger partial charge < -0.3 is 24.4 Å². The number of nitrogens with one attached hydrogen (secondary N) is 1. The molecule has 250 valence electrons. The number of alkyl carbamates (subject to hydrolysis) is 1. The molecule has 1 aliphatic carbocycles. The lowest BCUT2D eigenvalue weighted by molar-refractivity contribution is 0.0541. The molecule has 1 N–H and O–H groups in total. The van der Waals surface area contributed by atoms with Gasteiger partial charge in [0.05, 0.1) is 18.7 Å². The molecule has 47 heavy (non-hydrogen) atoms. The molecule has 1 aromatic heterocycles. The summed E-state index contributed by atoms with van der Waals surface area (Å²) in [6.07, 6.45) is 8.65. The largest absolute Gasteiger partial charge is 0.453 e. The number of aryl methyl sites for hydroxylation is 1. The van der Waals surface area contributed by atoms with Crippen molar-refractivity contribution in [2.24, 2.45) is 17.8 Å². The van der Waals surface area contributed by atoms with Gasteiger partial charge in [-0.2, -0.15) is 5.26 Å². The first-order chi connectivity index (χ1) is 22.7. The van der Waals surface area contributed by atoms with E-state index in [4.69, 9.17) is 10.00 Å². The number of aromatic nitrogens is 2. The first-order valence-electron chi connectivity index (χ1n) is 16.7. The summed E-state index contributed by atoms with van der Waals surface area (Å²) in [6, 6.07) is 10.9. The number of carbonyl (C=O) groups excluding carboxylic acids is 1. The maximum atomic E-state index is 15.0. The van der Waals surface area contributed by atoms with Crippen molar-refractivity contribution in [3.8, 4) is 6.07 Å².